The fourth-order valence-corrected chi connectivity index (χ4v) is 3.84. The second-order valence-corrected chi connectivity index (χ2v) is 5.67. The van der Waals surface area contributed by atoms with E-state index in [2.05, 4.69) is 10.6 Å². The van der Waals surface area contributed by atoms with Gasteiger partial charge in [-0.25, -0.2) is 0 Å². The number of carbonyl (C=O) groups is 2. The van der Waals surface area contributed by atoms with Crippen LogP contribution in [0.3, 0.4) is 0 Å². The molecule has 2 N–H and O–H groups in total. The lowest BCUT2D eigenvalue weighted by Crippen LogP contribution is -2.51. The summed E-state index contributed by atoms with van der Waals surface area (Å²) in [6, 6.07) is 1.43. The van der Waals surface area contributed by atoms with Crippen LogP contribution in [0.2, 0.25) is 0 Å². The molecular formula is C14H16N4O3. The molecule has 3 aliphatic heterocycles. The first-order valence-corrected chi connectivity index (χ1v) is 7.18. The topological polar surface area (TPSA) is 83.4 Å². The molecule has 1 saturated heterocycles. The number of carbonyl (C=O) groups excluding carboxylic acids is 2. The monoisotopic (exact) mass is 288 g/mol. The van der Waals surface area contributed by atoms with Crippen LogP contribution in [0.4, 0.5) is 0 Å². The normalized spacial score (nSPS) is 25.8. The third-order valence-corrected chi connectivity index (χ3v) is 4.70. The summed E-state index contributed by atoms with van der Waals surface area (Å²) in [4.78, 5) is 38.6. The number of hydrogen-bond acceptors (Lipinski definition) is 4. The quantitative estimate of drug-likeness (QED) is 0.700. The van der Waals surface area contributed by atoms with Crippen LogP contribution in [0.15, 0.2) is 10.9 Å². The van der Waals surface area contributed by atoms with Crippen molar-refractivity contribution in [2.75, 3.05) is 20.1 Å². The third kappa shape index (κ3) is 1.49. The standard InChI is InChI=1S/C14H16N4O3/c1-15-13(20)11-7-2-3-8-12-16-4-5-17(12)14(21)9(18(7)8)6-10(11)19/h6,8,12,16H,2-5H2,1H3,(H,15,20). The van der Waals surface area contributed by atoms with Crippen LogP contribution >= 0.6 is 0 Å². The van der Waals surface area contributed by atoms with E-state index in [4.69, 9.17) is 0 Å². The van der Waals surface area contributed by atoms with E-state index in [-0.39, 0.29) is 35.0 Å². The molecule has 0 spiro atoms. The highest BCUT2D eigenvalue weighted by molar-refractivity contribution is 5.98. The lowest BCUT2D eigenvalue weighted by Gasteiger charge is -2.37. The molecule has 1 aromatic heterocycles. The van der Waals surface area contributed by atoms with E-state index in [1.807, 2.05) is 4.57 Å². The molecule has 7 heteroatoms. The predicted octanol–water partition coefficient (Wildman–Crippen LogP) is -0.920. The number of amides is 2. The molecule has 110 valence electrons. The fraction of sp³-hybridized carbons (Fsp3) is 0.500. The smallest absolute Gasteiger partial charge is 0.272 e. The van der Waals surface area contributed by atoms with Gasteiger partial charge in [-0.1, -0.05) is 0 Å². The summed E-state index contributed by atoms with van der Waals surface area (Å²) < 4.78 is 1.91. The van der Waals surface area contributed by atoms with Gasteiger partial charge in [0.2, 0.25) is 0 Å². The first-order valence-electron chi connectivity index (χ1n) is 7.18. The molecule has 2 unspecified atom stereocenters. The van der Waals surface area contributed by atoms with Gasteiger partial charge >= 0.3 is 0 Å². The van der Waals surface area contributed by atoms with Crippen LogP contribution in [-0.2, 0) is 6.42 Å². The molecule has 4 heterocycles. The summed E-state index contributed by atoms with van der Waals surface area (Å²) in [7, 11) is 1.51. The summed E-state index contributed by atoms with van der Waals surface area (Å²) in [5, 5.41) is 5.86. The van der Waals surface area contributed by atoms with Gasteiger partial charge in [0.25, 0.3) is 11.8 Å². The maximum atomic E-state index is 12.6. The van der Waals surface area contributed by atoms with E-state index < -0.39 is 0 Å². The third-order valence-electron chi connectivity index (χ3n) is 4.70. The highest BCUT2D eigenvalue weighted by atomic mass is 16.2. The van der Waals surface area contributed by atoms with Gasteiger partial charge in [0.05, 0.1) is 6.04 Å². The minimum Gasteiger partial charge on any atom is -0.355 e. The van der Waals surface area contributed by atoms with Crippen LogP contribution in [0.5, 0.6) is 0 Å². The summed E-state index contributed by atoms with van der Waals surface area (Å²) in [5.74, 6) is -0.495. The van der Waals surface area contributed by atoms with E-state index in [9.17, 15) is 14.4 Å². The van der Waals surface area contributed by atoms with Gasteiger partial charge in [-0.05, 0) is 12.8 Å². The Hall–Kier alpha value is -2.15. The van der Waals surface area contributed by atoms with Gasteiger partial charge in [-0.15, -0.1) is 0 Å². The zero-order valence-corrected chi connectivity index (χ0v) is 11.7. The van der Waals surface area contributed by atoms with E-state index in [0.29, 0.717) is 24.4 Å². The van der Waals surface area contributed by atoms with Crippen molar-refractivity contribution in [3.8, 4) is 0 Å². The fourth-order valence-electron chi connectivity index (χ4n) is 3.84. The molecule has 7 nitrogen and oxygen atoms in total. The number of nitrogens with zero attached hydrogens (tertiary/aromatic N) is 2. The van der Waals surface area contributed by atoms with E-state index >= 15 is 0 Å². The summed E-state index contributed by atoms with van der Waals surface area (Å²) >= 11 is 0. The van der Waals surface area contributed by atoms with E-state index in [0.717, 1.165) is 13.0 Å². The van der Waals surface area contributed by atoms with Crippen molar-refractivity contribution in [3.63, 3.8) is 0 Å². The largest absolute Gasteiger partial charge is 0.355 e. The maximum absolute atomic E-state index is 12.6. The average Bonchev–Trinajstić information content (AvgIpc) is 3.10. The predicted molar refractivity (Wildman–Crippen MR) is 74.3 cm³/mol. The van der Waals surface area contributed by atoms with Crippen LogP contribution in [-0.4, -0.2) is 47.6 Å². The number of hydrogen-bond donors (Lipinski definition) is 2. The van der Waals surface area contributed by atoms with Crippen molar-refractivity contribution >= 4 is 11.8 Å². The molecular weight excluding hydrogens is 272 g/mol. The Labute approximate surface area is 120 Å². The molecule has 0 bridgehead atoms. The molecule has 2 atom stereocenters. The maximum Gasteiger partial charge on any atom is 0.272 e. The number of pyridine rings is 1. The van der Waals surface area contributed by atoms with Crippen LogP contribution in [0, 0.1) is 0 Å². The van der Waals surface area contributed by atoms with Crippen molar-refractivity contribution in [1.29, 1.82) is 0 Å². The van der Waals surface area contributed by atoms with Gasteiger partial charge in [0.15, 0.2) is 5.43 Å². The molecule has 21 heavy (non-hydrogen) atoms. The van der Waals surface area contributed by atoms with Gasteiger partial charge in [0, 0.05) is 31.9 Å². The average molecular weight is 288 g/mol. The van der Waals surface area contributed by atoms with Gasteiger partial charge in [-0.2, -0.15) is 0 Å². The number of rotatable bonds is 1. The van der Waals surface area contributed by atoms with Gasteiger partial charge in [0.1, 0.15) is 17.4 Å². The lowest BCUT2D eigenvalue weighted by molar-refractivity contribution is 0.0598. The highest BCUT2D eigenvalue weighted by Gasteiger charge is 2.46. The Balaban J connectivity index is 1.98. The number of fused-ring (bicyclic) bond motifs is 2. The van der Waals surface area contributed by atoms with Gasteiger partial charge in [-0.3, -0.25) is 19.7 Å². The molecule has 1 aromatic rings. The van der Waals surface area contributed by atoms with Gasteiger partial charge < -0.3 is 14.8 Å². The Kier molecular flexibility index (Phi) is 2.50. The summed E-state index contributed by atoms with van der Waals surface area (Å²) in [5.41, 5.74) is 0.937. The Morgan fingerprint density at radius 3 is 3.00 bits per heavy atom. The molecule has 0 saturated carbocycles. The van der Waals surface area contributed by atoms with Crippen molar-refractivity contribution in [2.24, 2.45) is 0 Å². The second kappa shape index (κ2) is 4.17. The molecule has 4 rings (SSSR count). The minimum atomic E-state index is -0.375. The summed E-state index contributed by atoms with van der Waals surface area (Å²) in [6.45, 7) is 1.43. The van der Waals surface area contributed by atoms with Crippen LogP contribution in [0.25, 0.3) is 0 Å². The first-order chi connectivity index (χ1) is 10.1. The SMILES string of the molecule is CNC(=O)c1c2n3c(cc1=O)C(=O)N1CCNC1C3CC2. The van der Waals surface area contributed by atoms with Crippen molar-refractivity contribution in [3.05, 3.63) is 33.2 Å². The Bertz CT molecular complexity index is 724. The Morgan fingerprint density at radius 1 is 1.43 bits per heavy atom. The van der Waals surface area contributed by atoms with E-state index in [1.165, 1.54) is 13.1 Å². The molecule has 2 amide bonds. The number of aromatic nitrogens is 1. The molecule has 0 radical (unpaired) electrons. The molecule has 1 fully saturated rings. The lowest BCUT2D eigenvalue weighted by atomic mass is 10.1. The molecule has 0 aromatic carbocycles. The van der Waals surface area contributed by atoms with Crippen LogP contribution in [0.1, 0.15) is 39.0 Å². The summed E-state index contributed by atoms with van der Waals surface area (Å²) in [6.07, 6.45) is 1.46. The second-order valence-electron chi connectivity index (χ2n) is 5.67. The first kappa shape index (κ1) is 12.6. The molecule has 3 aliphatic rings. The highest BCUT2D eigenvalue weighted by Crippen LogP contribution is 2.37. The molecule has 0 aliphatic carbocycles. The van der Waals surface area contributed by atoms with Crippen molar-refractivity contribution < 1.29 is 9.59 Å². The number of nitrogens with one attached hydrogen (secondary N) is 2. The zero-order valence-electron chi connectivity index (χ0n) is 11.7. The van der Waals surface area contributed by atoms with Crippen molar-refractivity contribution in [1.82, 2.24) is 20.1 Å². The van der Waals surface area contributed by atoms with Crippen LogP contribution < -0.4 is 16.1 Å². The zero-order chi connectivity index (χ0) is 14.7. The van der Waals surface area contributed by atoms with Crippen molar-refractivity contribution in [2.45, 2.75) is 25.0 Å². The Morgan fingerprint density at radius 2 is 2.24 bits per heavy atom. The minimum absolute atomic E-state index is 0.0220. The van der Waals surface area contributed by atoms with E-state index in [1.54, 1.807) is 4.90 Å².